The van der Waals surface area contributed by atoms with E-state index in [-0.39, 0.29) is 24.3 Å². The molecular weight excluding hydrogens is 334 g/mol. The highest BCUT2D eigenvalue weighted by Crippen LogP contribution is 2.31. The smallest absolute Gasteiger partial charge is 0.338 e. The normalized spacial score (nSPS) is 20.3. The molecule has 0 fully saturated rings. The highest BCUT2D eigenvalue weighted by molar-refractivity contribution is 5.89. The molecule has 1 unspecified atom stereocenters. The molecule has 7 heteroatoms. The molecule has 24 heavy (non-hydrogen) atoms. The maximum atomic E-state index is 11.7. The number of halogens is 1. The van der Waals surface area contributed by atoms with Crippen LogP contribution in [-0.2, 0) is 9.53 Å². The number of benzene rings is 1. The average Bonchev–Trinajstić information content (AvgIpc) is 2.60. The molecule has 0 radical (unpaired) electrons. The highest BCUT2D eigenvalue weighted by Gasteiger charge is 2.26. The minimum atomic E-state index is -0.460. The van der Waals surface area contributed by atoms with Gasteiger partial charge in [-0.1, -0.05) is 12.1 Å². The van der Waals surface area contributed by atoms with Crippen molar-refractivity contribution in [2.75, 3.05) is 33.4 Å². The Bertz CT molecular complexity index is 619. The zero-order chi connectivity index (χ0) is 16.2. The number of hydrogen-bond donors (Lipinski definition) is 1. The number of aliphatic hydroxyl groups is 1. The molecule has 1 atom stereocenters. The molecule has 0 saturated carbocycles. The highest BCUT2D eigenvalue weighted by atomic mass is 35.5. The number of carbonyl (C=O) groups is 1. The number of fused-ring (bicyclic) bond motifs is 1. The van der Waals surface area contributed by atoms with Crippen molar-refractivity contribution in [3.8, 4) is 11.5 Å². The van der Waals surface area contributed by atoms with Gasteiger partial charge in [0.2, 0.25) is 0 Å². The van der Waals surface area contributed by atoms with Crippen LogP contribution >= 0.6 is 12.4 Å². The van der Waals surface area contributed by atoms with E-state index >= 15 is 0 Å². The number of para-hydroxylation sites is 2. The van der Waals surface area contributed by atoms with E-state index in [2.05, 4.69) is 4.90 Å². The van der Waals surface area contributed by atoms with Crippen molar-refractivity contribution in [3.63, 3.8) is 0 Å². The third-order valence-electron chi connectivity index (χ3n) is 4.16. The summed E-state index contributed by atoms with van der Waals surface area (Å²) in [5, 5.41) is 9.82. The Balaban J connectivity index is 0.00000208. The standard InChI is InChI=1S/C17H21NO5.ClH/c1-21-17(20)13-10-18(9-7-14(13)19)8-6-12-11-22-15-4-2-3-5-16(15)23-12;/h2-5,12,19H,6-11H2,1H3;1H. The zero-order valence-electron chi connectivity index (χ0n) is 13.6. The van der Waals surface area contributed by atoms with Crippen LogP contribution in [0.25, 0.3) is 0 Å². The summed E-state index contributed by atoms with van der Waals surface area (Å²) < 4.78 is 16.4. The van der Waals surface area contributed by atoms with E-state index in [4.69, 9.17) is 14.2 Å². The molecule has 132 valence electrons. The topological polar surface area (TPSA) is 68.2 Å². The fraction of sp³-hybridized carbons (Fsp3) is 0.471. The fourth-order valence-corrected chi connectivity index (χ4v) is 2.84. The molecule has 6 nitrogen and oxygen atoms in total. The van der Waals surface area contributed by atoms with Crippen molar-refractivity contribution in [1.29, 1.82) is 0 Å². The van der Waals surface area contributed by atoms with Gasteiger partial charge in [-0.3, -0.25) is 4.90 Å². The largest absolute Gasteiger partial charge is 0.512 e. The summed E-state index contributed by atoms with van der Waals surface area (Å²) in [5.74, 6) is 1.23. The van der Waals surface area contributed by atoms with Crippen molar-refractivity contribution in [2.24, 2.45) is 0 Å². The molecule has 1 aromatic carbocycles. The minimum Gasteiger partial charge on any atom is -0.512 e. The van der Waals surface area contributed by atoms with Gasteiger partial charge in [-0.15, -0.1) is 12.4 Å². The van der Waals surface area contributed by atoms with E-state index in [0.717, 1.165) is 31.0 Å². The van der Waals surface area contributed by atoms with Crippen molar-refractivity contribution < 1.29 is 24.1 Å². The van der Waals surface area contributed by atoms with Crippen LogP contribution in [0.1, 0.15) is 12.8 Å². The van der Waals surface area contributed by atoms with Gasteiger partial charge in [-0.05, 0) is 12.1 Å². The van der Waals surface area contributed by atoms with Crippen molar-refractivity contribution in [2.45, 2.75) is 18.9 Å². The summed E-state index contributed by atoms with van der Waals surface area (Å²) >= 11 is 0. The molecule has 0 aliphatic carbocycles. The lowest BCUT2D eigenvalue weighted by molar-refractivity contribution is -0.136. The molecule has 2 aliphatic heterocycles. The Morgan fingerprint density at radius 2 is 2.12 bits per heavy atom. The Kier molecular flexibility index (Phi) is 6.34. The maximum Gasteiger partial charge on any atom is 0.338 e. The molecule has 3 rings (SSSR count). The van der Waals surface area contributed by atoms with E-state index in [9.17, 15) is 9.90 Å². The number of methoxy groups -OCH3 is 1. The summed E-state index contributed by atoms with van der Waals surface area (Å²) in [6.07, 6.45) is 1.25. The van der Waals surface area contributed by atoms with E-state index in [1.165, 1.54) is 7.11 Å². The number of hydrogen-bond acceptors (Lipinski definition) is 6. The van der Waals surface area contributed by atoms with Crippen molar-refractivity contribution in [1.82, 2.24) is 4.90 Å². The SMILES string of the molecule is COC(=O)C1=C(O)CCN(CCC2COc3ccccc3O2)C1.Cl. The monoisotopic (exact) mass is 355 g/mol. The molecule has 1 N–H and O–H groups in total. The second kappa shape index (κ2) is 8.26. The van der Waals surface area contributed by atoms with Crippen LogP contribution in [0, 0.1) is 0 Å². The first-order chi connectivity index (χ1) is 11.2. The van der Waals surface area contributed by atoms with Crippen LogP contribution in [0.2, 0.25) is 0 Å². The maximum absolute atomic E-state index is 11.7. The fourth-order valence-electron chi connectivity index (χ4n) is 2.84. The van der Waals surface area contributed by atoms with Crippen molar-refractivity contribution >= 4 is 18.4 Å². The zero-order valence-corrected chi connectivity index (χ0v) is 14.4. The lowest BCUT2D eigenvalue weighted by atomic mass is 10.1. The lowest BCUT2D eigenvalue weighted by Gasteiger charge is -2.31. The predicted octanol–water partition coefficient (Wildman–Crippen LogP) is 2.33. The van der Waals surface area contributed by atoms with Crippen LogP contribution in [0.4, 0.5) is 0 Å². The van der Waals surface area contributed by atoms with Crippen LogP contribution in [-0.4, -0.2) is 55.4 Å². The number of rotatable bonds is 4. The van der Waals surface area contributed by atoms with E-state index in [0.29, 0.717) is 25.1 Å². The second-order valence-electron chi connectivity index (χ2n) is 5.73. The summed E-state index contributed by atoms with van der Waals surface area (Å²) in [4.78, 5) is 13.8. The first-order valence-electron chi connectivity index (χ1n) is 7.77. The number of aliphatic hydroxyl groups excluding tert-OH is 1. The molecular formula is C17H22ClNO5. The van der Waals surface area contributed by atoms with Crippen molar-refractivity contribution in [3.05, 3.63) is 35.6 Å². The van der Waals surface area contributed by atoms with Gasteiger partial charge in [0.15, 0.2) is 11.5 Å². The van der Waals surface area contributed by atoms with E-state index in [1.54, 1.807) is 0 Å². The predicted molar refractivity (Wildman–Crippen MR) is 90.9 cm³/mol. The summed E-state index contributed by atoms with van der Waals surface area (Å²) in [5.41, 5.74) is 0.352. The van der Waals surface area contributed by atoms with Gasteiger partial charge >= 0.3 is 5.97 Å². The van der Waals surface area contributed by atoms with Gasteiger partial charge < -0.3 is 19.3 Å². The van der Waals surface area contributed by atoms with Crippen LogP contribution in [0.15, 0.2) is 35.6 Å². The van der Waals surface area contributed by atoms with E-state index < -0.39 is 5.97 Å². The third-order valence-corrected chi connectivity index (χ3v) is 4.16. The van der Waals surface area contributed by atoms with Crippen LogP contribution in [0.5, 0.6) is 11.5 Å². The summed E-state index contributed by atoms with van der Waals surface area (Å²) in [6.45, 7) is 2.42. The van der Waals surface area contributed by atoms with Gasteiger partial charge in [0, 0.05) is 32.5 Å². The number of carbonyl (C=O) groups excluding carboxylic acids is 1. The molecule has 0 bridgehead atoms. The first-order valence-corrected chi connectivity index (χ1v) is 7.77. The second-order valence-corrected chi connectivity index (χ2v) is 5.73. The molecule has 0 aromatic heterocycles. The average molecular weight is 356 g/mol. The molecule has 0 amide bonds. The number of nitrogens with zero attached hydrogens (tertiary/aromatic N) is 1. The van der Waals surface area contributed by atoms with Gasteiger partial charge in [-0.2, -0.15) is 0 Å². The molecule has 0 spiro atoms. The molecule has 1 aromatic rings. The Hall–Kier alpha value is -1.92. The number of ether oxygens (including phenoxy) is 3. The van der Waals surface area contributed by atoms with Gasteiger partial charge in [0.05, 0.1) is 12.7 Å². The first kappa shape index (κ1) is 18.4. The summed E-state index contributed by atoms with van der Waals surface area (Å²) in [7, 11) is 1.33. The Labute approximate surface area is 147 Å². The molecule has 0 saturated heterocycles. The van der Waals surface area contributed by atoms with Gasteiger partial charge in [0.1, 0.15) is 18.5 Å². The number of esters is 1. The van der Waals surface area contributed by atoms with Crippen LogP contribution in [0.3, 0.4) is 0 Å². The molecule has 2 aliphatic rings. The van der Waals surface area contributed by atoms with E-state index in [1.807, 2.05) is 24.3 Å². The lowest BCUT2D eigenvalue weighted by Crippen LogP contribution is -2.38. The Morgan fingerprint density at radius 3 is 2.88 bits per heavy atom. The van der Waals surface area contributed by atoms with Gasteiger partial charge in [-0.25, -0.2) is 4.79 Å². The third kappa shape index (κ3) is 4.13. The Morgan fingerprint density at radius 1 is 1.38 bits per heavy atom. The summed E-state index contributed by atoms with van der Waals surface area (Å²) in [6, 6.07) is 7.64. The quantitative estimate of drug-likeness (QED) is 0.836. The minimum absolute atomic E-state index is 0. The van der Waals surface area contributed by atoms with Crippen LogP contribution < -0.4 is 9.47 Å². The van der Waals surface area contributed by atoms with Gasteiger partial charge in [0.25, 0.3) is 0 Å². The molecule has 2 heterocycles.